The molecular weight excluding hydrogens is 176 g/mol. The van der Waals surface area contributed by atoms with Crippen molar-refractivity contribution in [1.29, 1.82) is 0 Å². The van der Waals surface area contributed by atoms with Crippen LogP contribution in [0.3, 0.4) is 0 Å². The topological polar surface area (TPSA) is 30.5 Å². The van der Waals surface area contributed by atoms with Crippen molar-refractivity contribution in [3.05, 3.63) is 12.3 Å². The van der Waals surface area contributed by atoms with Gasteiger partial charge < -0.3 is 10.2 Å². The summed E-state index contributed by atoms with van der Waals surface area (Å²) in [5.41, 5.74) is 1.17. The van der Waals surface area contributed by atoms with E-state index in [2.05, 4.69) is 41.1 Å². The molecule has 0 aromatic heterocycles. The van der Waals surface area contributed by atoms with E-state index in [0.29, 0.717) is 12.2 Å². The van der Waals surface area contributed by atoms with E-state index < -0.39 is 0 Å². The fourth-order valence-electron chi connectivity index (χ4n) is 1.96. The summed E-state index contributed by atoms with van der Waals surface area (Å²) in [6.07, 6.45) is 0.376. The molecule has 0 spiro atoms. The van der Waals surface area contributed by atoms with E-state index in [4.69, 9.17) is 0 Å². The Morgan fingerprint density at radius 3 is 2.57 bits per heavy atom. The van der Waals surface area contributed by atoms with Gasteiger partial charge in [-0.15, -0.1) is 0 Å². The van der Waals surface area contributed by atoms with Crippen molar-refractivity contribution in [2.75, 3.05) is 41.3 Å². The van der Waals surface area contributed by atoms with E-state index in [9.17, 15) is 0 Å². The van der Waals surface area contributed by atoms with Gasteiger partial charge in [0, 0.05) is 25.8 Å². The van der Waals surface area contributed by atoms with Crippen LogP contribution in [-0.2, 0) is 0 Å². The molecule has 0 radical (unpaired) electrons. The smallest absolute Gasteiger partial charge is 0.0917 e. The van der Waals surface area contributed by atoms with Crippen LogP contribution in [0.15, 0.2) is 12.3 Å². The van der Waals surface area contributed by atoms with Gasteiger partial charge in [-0.3, -0.25) is 10.2 Å². The third-order valence-corrected chi connectivity index (χ3v) is 3.03. The number of nitrogens with one attached hydrogen (secondary N) is 2. The highest BCUT2D eigenvalue weighted by molar-refractivity contribution is 5.10. The van der Waals surface area contributed by atoms with Crippen molar-refractivity contribution in [1.82, 2.24) is 20.4 Å². The van der Waals surface area contributed by atoms with Crippen molar-refractivity contribution in [3.63, 3.8) is 0 Å². The number of nitrogens with zero attached hydrogens (tertiary/aromatic N) is 2. The first kappa shape index (κ1) is 11.5. The third kappa shape index (κ3) is 2.08. The third-order valence-electron chi connectivity index (χ3n) is 3.03. The zero-order valence-electron chi connectivity index (χ0n) is 9.67. The fourth-order valence-corrected chi connectivity index (χ4v) is 1.96. The largest absolute Gasteiger partial charge is 0.360 e. The maximum absolute atomic E-state index is 4.15. The molecule has 0 aromatic rings. The lowest BCUT2D eigenvalue weighted by molar-refractivity contribution is 0.0956. The van der Waals surface area contributed by atoms with Crippen molar-refractivity contribution in [2.24, 2.45) is 0 Å². The molecule has 14 heavy (non-hydrogen) atoms. The molecular formula is C10H22N4. The Labute approximate surface area is 86.9 Å². The lowest BCUT2D eigenvalue weighted by Crippen LogP contribution is -2.60. The summed E-state index contributed by atoms with van der Waals surface area (Å²) in [5.74, 6) is 0. The lowest BCUT2D eigenvalue weighted by atomic mass is 10.1. The summed E-state index contributed by atoms with van der Waals surface area (Å²) in [7, 11) is 8.20. The fraction of sp³-hybridized carbons (Fsp3) is 0.800. The molecule has 0 bridgehead atoms. The van der Waals surface area contributed by atoms with E-state index in [1.807, 2.05) is 14.1 Å². The maximum atomic E-state index is 4.15. The van der Waals surface area contributed by atoms with Crippen LogP contribution in [0.2, 0.25) is 0 Å². The molecule has 2 atom stereocenters. The first-order valence-electron chi connectivity index (χ1n) is 5.05. The number of piperazine rings is 1. The number of rotatable bonds is 3. The SMILES string of the molecule is C=C1C(CNC)N(C)CC(NC)N1C. The standard InChI is InChI=1S/C10H22N4/c1-8-9(6-11-2)13(4)7-10(12-3)14(8)5/h9-12H,1,6-7H2,2-5H3. The molecule has 2 unspecified atom stereocenters. The first-order chi connectivity index (χ1) is 6.61. The van der Waals surface area contributed by atoms with Gasteiger partial charge in [0.2, 0.25) is 0 Å². The number of hydrogen-bond acceptors (Lipinski definition) is 4. The minimum absolute atomic E-state index is 0.376. The molecule has 1 rings (SSSR count). The van der Waals surface area contributed by atoms with E-state index in [1.165, 1.54) is 5.70 Å². The van der Waals surface area contributed by atoms with Gasteiger partial charge in [-0.2, -0.15) is 0 Å². The quantitative estimate of drug-likeness (QED) is 0.641. The van der Waals surface area contributed by atoms with Crippen LogP contribution in [0, 0.1) is 0 Å². The van der Waals surface area contributed by atoms with Gasteiger partial charge >= 0.3 is 0 Å². The van der Waals surface area contributed by atoms with Gasteiger partial charge in [-0.25, -0.2) is 0 Å². The van der Waals surface area contributed by atoms with Crippen molar-refractivity contribution >= 4 is 0 Å². The Morgan fingerprint density at radius 1 is 1.43 bits per heavy atom. The number of hydrogen-bond donors (Lipinski definition) is 2. The second-order valence-corrected chi connectivity index (χ2v) is 3.92. The average molecular weight is 198 g/mol. The Morgan fingerprint density at radius 2 is 2.07 bits per heavy atom. The Bertz CT molecular complexity index is 204. The zero-order chi connectivity index (χ0) is 10.7. The predicted molar refractivity (Wildman–Crippen MR) is 60.1 cm³/mol. The van der Waals surface area contributed by atoms with Gasteiger partial charge in [-0.1, -0.05) is 6.58 Å². The highest BCUT2D eigenvalue weighted by atomic mass is 15.4. The van der Waals surface area contributed by atoms with Crippen molar-refractivity contribution in [3.8, 4) is 0 Å². The number of likely N-dealkylation sites (N-methyl/N-ethyl adjacent to an activating group) is 4. The minimum atomic E-state index is 0.376. The van der Waals surface area contributed by atoms with Crippen LogP contribution in [0.1, 0.15) is 0 Å². The van der Waals surface area contributed by atoms with E-state index in [-0.39, 0.29) is 0 Å². The molecule has 82 valence electrons. The monoisotopic (exact) mass is 198 g/mol. The summed E-state index contributed by atoms with van der Waals surface area (Å²) in [6, 6.07) is 0.412. The summed E-state index contributed by atoms with van der Waals surface area (Å²) in [4.78, 5) is 4.56. The molecule has 1 heterocycles. The molecule has 0 aromatic carbocycles. The van der Waals surface area contributed by atoms with Crippen LogP contribution < -0.4 is 10.6 Å². The molecule has 4 nitrogen and oxygen atoms in total. The molecule has 0 saturated carbocycles. The van der Waals surface area contributed by atoms with Gasteiger partial charge in [0.15, 0.2) is 0 Å². The second-order valence-electron chi connectivity index (χ2n) is 3.92. The lowest BCUT2D eigenvalue weighted by Gasteiger charge is -2.45. The molecule has 1 aliphatic rings. The van der Waals surface area contributed by atoms with Crippen LogP contribution >= 0.6 is 0 Å². The molecule has 1 aliphatic heterocycles. The van der Waals surface area contributed by atoms with Crippen molar-refractivity contribution in [2.45, 2.75) is 12.2 Å². The van der Waals surface area contributed by atoms with E-state index in [1.54, 1.807) is 0 Å². The first-order valence-corrected chi connectivity index (χ1v) is 5.05. The Kier molecular flexibility index (Phi) is 3.92. The summed E-state index contributed by atoms with van der Waals surface area (Å²) in [6.45, 7) is 6.13. The Hall–Kier alpha value is -0.580. The molecule has 4 heteroatoms. The summed E-state index contributed by atoms with van der Waals surface area (Å²) >= 11 is 0. The van der Waals surface area contributed by atoms with E-state index >= 15 is 0 Å². The highest BCUT2D eigenvalue weighted by Crippen LogP contribution is 2.18. The molecule has 0 amide bonds. The zero-order valence-corrected chi connectivity index (χ0v) is 9.67. The Balaban J connectivity index is 2.69. The average Bonchev–Trinajstić information content (AvgIpc) is 2.18. The molecule has 0 aliphatic carbocycles. The second kappa shape index (κ2) is 4.77. The normalized spacial score (nSPS) is 29.7. The summed E-state index contributed by atoms with van der Waals surface area (Å²) < 4.78 is 0. The van der Waals surface area contributed by atoms with Crippen LogP contribution in [0.5, 0.6) is 0 Å². The van der Waals surface area contributed by atoms with Gasteiger partial charge in [0.25, 0.3) is 0 Å². The van der Waals surface area contributed by atoms with Gasteiger partial charge in [-0.05, 0) is 21.1 Å². The summed E-state index contributed by atoms with van der Waals surface area (Å²) in [5, 5.41) is 6.48. The minimum Gasteiger partial charge on any atom is -0.360 e. The highest BCUT2D eigenvalue weighted by Gasteiger charge is 2.30. The van der Waals surface area contributed by atoms with E-state index in [0.717, 1.165) is 13.1 Å². The van der Waals surface area contributed by atoms with Crippen molar-refractivity contribution < 1.29 is 0 Å². The maximum Gasteiger partial charge on any atom is 0.0917 e. The van der Waals surface area contributed by atoms with Crippen LogP contribution in [-0.4, -0.2) is 63.3 Å². The van der Waals surface area contributed by atoms with Gasteiger partial charge in [0.05, 0.1) is 12.2 Å². The van der Waals surface area contributed by atoms with Crippen LogP contribution in [0.25, 0.3) is 0 Å². The van der Waals surface area contributed by atoms with Gasteiger partial charge in [0.1, 0.15) is 0 Å². The molecule has 1 fully saturated rings. The molecule has 2 N–H and O–H groups in total. The molecule has 1 saturated heterocycles. The van der Waals surface area contributed by atoms with Crippen LogP contribution in [0.4, 0.5) is 0 Å². The predicted octanol–water partition coefficient (Wildman–Crippen LogP) is -0.489.